The Morgan fingerprint density at radius 1 is 1.21 bits per heavy atom. The number of methoxy groups -OCH3 is 1. The molecule has 1 amide bonds. The summed E-state index contributed by atoms with van der Waals surface area (Å²) in [6.07, 6.45) is 2.10. The van der Waals surface area contributed by atoms with Crippen molar-refractivity contribution in [1.29, 1.82) is 0 Å². The number of hydrogen-bond acceptors (Lipinski definition) is 4. The van der Waals surface area contributed by atoms with Crippen LogP contribution in [0.1, 0.15) is 5.56 Å². The topological polar surface area (TPSA) is 45.7 Å². The van der Waals surface area contributed by atoms with Gasteiger partial charge in [0.2, 0.25) is 5.91 Å². The van der Waals surface area contributed by atoms with Crippen molar-refractivity contribution in [2.45, 2.75) is 6.42 Å². The Bertz CT molecular complexity index is 701. The highest BCUT2D eigenvalue weighted by Gasteiger charge is 2.22. The number of carbonyl (C=O) groups excluding carboxylic acids is 1. The van der Waals surface area contributed by atoms with Crippen LogP contribution in [0.25, 0.3) is 0 Å². The number of rotatable bonds is 4. The predicted molar refractivity (Wildman–Crippen MR) is 94.7 cm³/mol. The Labute approximate surface area is 146 Å². The molecule has 24 heavy (non-hydrogen) atoms. The molecule has 0 bridgehead atoms. The van der Waals surface area contributed by atoms with Crippen LogP contribution in [-0.4, -0.2) is 49.1 Å². The van der Waals surface area contributed by atoms with Gasteiger partial charge in [0.25, 0.3) is 0 Å². The second-order valence-electron chi connectivity index (χ2n) is 5.69. The summed E-state index contributed by atoms with van der Waals surface area (Å²) in [7, 11) is 1.59. The molecule has 2 aromatic rings. The number of anilines is 1. The minimum absolute atomic E-state index is 0.0998. The van der Waals surface area contributed by atoms with Crippen molar-refractivity contribution in [3.05, 3.63) is 53.2 Å². The molecule has 126 valence electrons. The number of amides is 1. The summed E-state index contributed by atoms with van der Waals surface area (Å²) < 4.78 is 5.13. The zero-order valence-corrected chi connectivity index (χ0v) is 14.4. The van der Waals surface area contributed by atoms with Gasteiger partial charge in [0, 0.05) is 37.4 Å². The van der Waals surface area contributed by atoms with E-state index in [-0.39, 0.29) is 5.91 Å². The maximum absolute atomic E-state index is 12.5. The lowest BCUT2D eigenvalue weighted by Gasteiger charge is -2.35. The number of aromatic nitrogens is 1. The molecular formula is C18H20ClN3O2. The van der Waals surface area contributed by atoms with Crippen LogP contribution in [0.5, 0.6) is 5.75 Å². The smallest absolute Gasteiger partial charge is 0.227 e. The molecule has 1 aliphatic rings. The fourth-order valence-electron chi connectivity index (χ4n) is 2.80. The Balaban J connectivity index is 1.57. The van der Waals surface area contributed by atoms with E-state index in [1.54, 1.807) is 19.4 Å². The first-order valence-corrected chi connectivity index (χ1v) is 8.31. The molecule has 2 heterocycles. The zero-order chi connectivity index (χ0) is 16.9. The number of pyridine rings is 1. The molecule has 1 fully saturated rings. The van der Waals surface area contributed by atoms with Gasteiger partial charge in [0.15, 0.2) is 0 Å². The average Bonchev–Trinajstić information content (AvgIpc) is 2.64. The highest BCUT2D eigenvalue weighted by Crippen LogP contribution is 2.23. The Kier molecular flexibility index (Phi) is 5.20. The van der Waals surface area contributed by atoms with Crippen LogP contribution < -0.4 is 9.64 Å². The van der Waals surface area contributed by atoms with E-state index in [2.05, 4.69) is 9.88 Å². The van der Waals surface area contributed by atoms with Crippen molar-refractivity contribution in [3.8, 4) is 5.75 Å². The monoisotopic (exact) mass is 345 g/mol. The van der Waals surface area contributed by atoms with Gasteiger partial charge in [-0.3, -0.25) is 4.79 Å². The Hall–Kier alpha value is -2.27. The molecular weight excluding hydrogens is 326 g/mol. The lowest BCUT2D eigenvalue weighted by Crippen LogP contribution is -2.49. The van der Waals surface area contributed by atoms with E-state index in [0.29, 0.717) is 30.3 Å². The summed E-state index contributed by atoms with van der Waals surface area (Å²) in [6, 6.07) is 11.3. The van der Waals surface area contributed by atoms with Crippen LogP contribution in [0.2, 0.25) is 5.02 Å². The van der Waals surface area contributed by atoms with Crippen molar-refractivity contribution in [3.63, 3.8) is 0 Å². The normalized spacial score (nSPS) is 14.6. The van der Waals surface area contributed by atoms with Crippen molar-refractivity contribution < 1.29 is 9.53 Å². The standard InChI is InChI=1S/C18H20ClN3O2/c1-24-15-6-5-14(16(19)13-15)12-18(23)22-10-8-21(9-11-22)17-4-2-3-7-20-17/h2-7,13H,8-12H2,1H3. The Morgan fingerprint density at radius 2 is 2.00 bits per heavy atom. The zero-order valence-electron chi connectivity index (χ0n) is 13.6. The van der Waals surface area contributed by atoms with Gasteiger partial charge in [-0.05, 0) is 29.8 Å². The van der Waals surface area contributed by atoms with E-state index in [1.165, 1.54) is 0 Å². The van der Waals surface area contributed by atoms with E-state index in [9.17, 15) is 4.79 Å². The second-order valence-corrected chi connectivity index (χ2v) is 6.10. The first-order chi connectivity index (χ1) is 11.7. The van der Waals surface area contributed by atoms with E-state index in [0.717, 1.165) is 24.5 Å². The fraction of sp³-hybridized carbons (Fsp3) is 0.333. The largest absolute Gasteiger partial charge is 0.497 e. The number of ether oxygens (including phenoxy) is 1. The summed E-state index contributed by atoms with van der Waals surface area (Å²) in [5.41, 5.74) is 0.828. The van der Waals surface area contributed by atoms with E-state index < -0.39 is 0 Å². The van der Waals surface area contributed by atoms with Crippen LogP contribution in [0, 0.1) is 0 Å². The van der Waals surface area contributed by atoms with E-state index in [1.807, 2.05) is 35.2 Å². The number of nitrogens with zero attached hydrogens (tertiary/aromatic N) is 3. The first kappa shape index (κ1) is 16.6. The Morgan fingerprint density at radius 3 is 2.62 bits per heavy atom. The molecule has 1 aliphatic heterocycles. The van der Waals surface area contributed by atoms with Gasteiger partial charge in [-0.2, -0.15) is 0 Å². The highest BCUT2D eigenvalue weighted by molar-refractivity contribution is 6.31. The SMILES string of the molecule is COc1ccc(CC(=O)N2CCN(c3ccccn3)CC2)c(Cl)c1. The van der Waals surface area contributed by atoms with Crippen molar-refractivity contribution in [2.24, 2.45) is 0 Å². The van der Waals surface area contributed by atoms with Crippen LogP contribution >= 0.6 is 11.6 Å². The number of piperazine rings is 1. The van der Waals surface area contributed by atoms with Gasteiger partial charge in [-0.1, -0.05) is 23.7 Å². The van der Waals surface area contributed by atoms with Crippen molar-refractivity contribution in [2.75, 3.05) is 38.2 Å². The minimum atomic E-state index is 0.0998. The van der Waals surface area contributed by atoms with Gasteiger partial charge >= 0.3 is 0 Å². The maximum Gasteiger partial charge on any atom is 0.227 e. The molecule has 1 aromatic carbocycles. The molecule has 0 saturated carbocycles. The molecule has 6 heteroatoms. The highest BCUT2D eigenvalue weighted by atomic mass is 35.5. The molecule has 3 rings (SSSR count). The second kappa shape index (κ2) is 7.53. The third-order valence-electron chi connectivity index (χ3n) is 4.21. The third kappa shape index (κ3) is 3.79. The molecule has 0 N–H and O–H groups in total. The molecule has 1 aromatic heterocycles. The fourth-order valence-corrected chi connectivity index (χ4v) is 3.04. The lowest BCUT2D eigenvalue weighted by atomic mass is 10.1. The lowest BCUT2D eigenvalue weighted by molar-refractivity contribution is -0.130. The molecule has 5 nitrogen and oxygen atoms in total. The van der Waals surface area contributed by atoms with Gasteiger partial charge in [-0.15, -0.1) is 0 Å². The summed E-state index contributed by atoms with van der Waals surface area (Å²) in [4.78, 5) is 21.0. The third-order valence-corrected chi connectivity index (χ3v) is 4.56. The van der Waals surface area contributed by atoms with Crippen molar-refractivity contribution >= 4 is 23.3 Å². The van der Waals surface area contributed by atoms with Crippen LogP contribution in [0.4, 0.5) is 5.82 Å². The average molecular weight is 346 g/mol. The minimum Gasteiger partial charge on any atom is -0.497 e. The molecule has 0 unspecified atom stereocenters. The summed E-state index contributed by atoms with van der Waals surface area (Å²) in [5.74, 6) is 1.76. The summed E-state index contributed by atoms with van der Waals surface area (Å²) >= 11 is 6.23. The summed E-state index contributed by atoms with van der Waals surface area (Å²) in [5, 5.41) is 0.565. The van der Waals surface area contributed by atoms with Gasteiger partial charge < -0.3 is 14.5 Å². The van der Waals surface area contributed by atoms with Crippen LogP contribution in [0.15, 0.2) is 42.6 Å². The van der Waals surface area contributed by atoms with Gasteiger partial charge in [0.1, 0.15) is 11.6 Å². The molecule has 0 radical (unpaired) electrons. The van der Waals surface area contributed by atoms with Gasteiger partial charge in [-0.25, -0.2) is 4.98 Å². The molecule has 0 atom stereocenters. The van der Waals surface area contributed by atoms with Crippen LogP contribution in [-0.2, 0) is 11.2 Å². The van der Waals surface area contributed by atoms with E-state index >= 15 is 0 Å². The number of benzene rings is 1. The number of hydrogen-bond donors (Lipinski definition) is 0. The van der Waals surface area contributed by atoms with Crippen molar-refractivity contribution in [1.82, 2.24) is 9.88 Å². The van der Waals surface area contributed by atoms with Gasteiger partial charge in [0.05, 0.1) is 13.5 Å². The number of carbonyl (C=O) groups is 1. The molecule has 0 aliphatic carbocycles. The molecule has 1 saturated heterocycles. The predicted octanol–water partition coefficient (Wildman–Crippen LogP) is 2.63. The van der Waals surface area contributed by atoms with E-state index in [4.69, 9.17) is 16.3 Å². The maximum atomic E-state index is 12.5. The summed E-state index contributed by atoms with van der Waals surface area (Å²) in [6.45, 7) is 2.98. The van der Waals surface area contributed by atoms with Crippen LogP contribution in [0.3, 0.4) is 0 Å². The molecule has 0 spiro atoms. The first-order valence-electron chi connectivity index (χ1n) is 7.93. The quantitative estimate of drug-likeness (QED) is 0.854. The number of halogens is 1.